The third kappa shape index (κ3) is 2.83. The lowest BCUT2D eigenvalue weighted by Gasteiger charge is -2.26. The van der Waals surface area contributed by atoms with Gasteiger partial charge < -0.3 is 9.97 Å². The highest BCUT2D eigenvalue weighted by Gasteiger charge is 2.52. The van der Waals surface area contributed by atoms with Crippen molar-refractivity contribution >= 4 is 34.2 Å². The number of rotatable bonds is 5. The van der Waals surface area contributed by atoms with Crippen LogP contribution in [0.2, 0.25) is 0 Å². The van der Waals surface area contributed by atoms with Gasteiger partial charge in [-0.15, -0.1) is 0 Å². The smallest absolute Gasteiger partial charge is 0.295 e. The molecule has 1 aliphatic rings. The number of carbonyl (C=O) groups is 3. The molecule has 0 spiro atoms. The van der Waals surface area contributed by atoms with Crippen molar-refractivity contribution in [1.29, 1.82) is 0 Å². The summed E-state index contributed by atoms with van der Waals surface area (Å²) in [5.41, 5.74) is 2.58. The van der Waals surface area contributed by atoms with Gasteiger partial charge >= 0.3 is 0 Å². The lowest BCUT2D eigenvalue weighted by Crippen LogP contribution is -2.31. The second-order valence-electron chi connectivity index (χ2n) is 7.14. The standard InChI is InChI=1S/C19H19N5O3/c1-10(2)5-15(25)16-17(14-7-20-8-21-14)24(19(27)18(16)26)11-3-4-12-13(6-11)23-9-22-12/h3-4,6-10,16-17H,5H2,1-2H3,(H,20,21)(H,22,23). The molecule has 0 aliphatic carbocycles. The molecule has 138 valence electrons. The molecule has 2 atom stereocenters. The van der Waals surface area contributed by atoms with Crippen LogP contribution in [-0.4, -0.2) is 37.4 Å². The van der Waals surface area contributed by atoms with Crippen LogP contribution in [0.25, 0.3) is 11.0 Å². The van der Waals surface area contributed by atoms with Crippen molar-refractivity contribution in [2.75, 3.05) is 4.90 Å². The van der Waals surface area contributed by atoms with Crippen LogP contribution in [0.5, 0.6) is 0 Å². The van der Waals surface area contributed by atoms with Gasteiger partial charge in [0.25, 0.3) is 5.91 Å². The number of amides is 1. The average molecular weight is 365 g/mol. The Hall–Kier alpha value is -3.29. The molecule has 0 saturated carbocycles. The second-order valence-corrected chi connectivity index (χ2v) is 7.14. The number of Topliss-reactive ketones (excluding diaryl/α,β-unsaturated/α-hetero) is 2. The Balaban J connectivity index is 1.82. The van der Waals surface area contributed by atoms with Crippen LogP contribution in [0.4, 0.5) is 5.69 Å². The molecule has 1 saturated heterocycles. The fraction of sp³-hybridized carbons (Fsp3) is 0.316. The van der Waals surface area contributed by atoms with E-state index in [0.29, 0.717) is 11.4 Å². The molecule has 2 aromatic heterocycles. The molecule has 1 aliphatic heterocycles. The number of ketones is 2. The summed E-state index contributed by atoms with van der Waals surface area (Å²) in [6.45, 7) is 3.82. The summed E-state index contributed by atoms with van der Waals surface area (Å²) in [4.78, 5) is 54.0. The third-order valence-corrected chi connectivity index (χ3v) is 4.78. The molecule has 0 bridgehead atoms. The van der Waals surface area contributed by atoms with Crippen LogP contribution < -0.4 is 4.90 Å². The quantitative estimate of drug-likeness (QED) is 0.532. The highest BCUT2D eigenvalue weighted by atomic mass is 16.2. The Morgan fingerprint density at radius 3 is 2.74 bits per heavy atom. The van der Waals surface area contributed by atoms with Gasteiger partial charge in [0, 0.05) is 12.1 Å². The van der Waals surface area contributed by atoms with E-state index in [1.807, 2.05) is 13.8 Å². The van der Waals surface area contributed by atoms with Gasteiger partial charge in [0.2, 0.25) is 5.78 Å². The minimum Gasteiger partial charge on any atom is -0.347 e. The van der Waals surface area contributed by atoms with Gasteiger partial charge in [-0.1, -0.05) is 13.8 Å². The van der Waals surface area contributed by atoms with Gasteiger partial charge in [0.05, 0.1) is 41.6 Å². The maximum Gasteiger partial charge on any atom is 0.295 e. The van der Waals surface area contributed by atoms with Gasteiger partial charge in [0.15, 0.2) is 0 Å². The van der Waals surface area contributed by atoms with Crippen LogP contribution >= 0.6 is 0 Å². The number of benzene rings is 1. The molecule has 3 heterocycles. The number of hydrogen-bond donors (Lipinski definition) is 2. The molecule has 1 amide bonds. The molecule has 1 aromatic carbocycles. The van der Waals surface area contributed by atoms with Crippen molar-refractivity contribution in [2.24, 2.45) is 11.8 Å². The first-order chi connectivity index (χ1) is 13.0. The number of nitrogens with zero attached hydrogens (tertiary/aromatic N) is 3. The van der Waals surface area contributed by atoms with Gasteiger partial charge in [-0.2, -0.15) is 0 Å². The van der Waals surface area contributed by atoms with Crippen LogP contribution in [0.3, 0.4) is 0 Å². The van der Waals surface area contributed by atoms with Crippen LogP contribution in [0.15, 0.2) is 37.1 Å². The molecule has 2 N–H and O–H groups in total. The summed E-state index contributed by atoms with van der Waals surface area (Å²) in [6.07, 6.45) is 4.82. The molecule has 1 fully saturated rings. The van der Waals surface area contributed by atoms with Crippen LogP contribution in [-0.2, 0) is 14.4 Å². The molecular weight excluding hydrogens is 346 g/mol. The van der Waals surface area contributed by atoms with E-state index >= 15 is 0 Å². The first-order valence-corrected chi connectivity index (χ1v) is 8.79. The van der Waals surface area contributed by atoms with E-state index in [1.165, 1.54) is 11.2 Å². The fourth-order valence-corrected chi connectivity index (χ4v) is 3.62. The van der Waals surface area contributed by atoms with E-state index in [0.717, 1.165) is 11.0 Å². The Morgan fingerprint density at radius 2 is 2.04 bits per heavy atom. The zero-order valence-corrected chi connectivity index (χ0v) is 15.0. The fourth-order valence-electron chi connectivity index (χ4n) is 3.62. The number of nitrogens with one attached hydrogen (secondary N) is 2. The normalized spacial score (nSPS) is 20.2. The Morgan fingerprint density at radius 1 is 1.22 bits per heavy atom. The Bertz CT molecular complexity index is 1020. The van der Waals surface area contributed by atoms with Gasteiger partial charge in [-0.3, -0.25) is 19.3 Å². The average Bonchev–Trinajstić information content (AvgIpc) is 3.34. The maximum absolute atomic E-state index is 12.9. The van der Waals surface area contributed by atoms with E-state index in [1.54, 1.807) is 30.7 Å². The SMILES string of the molecule is CC(C)CC(=O)C1C(=O)C(=O)N(c2ccc3nc[nH]c3c2)C1c1cnc[nH]1. The zero-order valence-electron chi connectivity index (χ0n) is 15.0. The van der Waals surface area contributed by atoms with Crippen molar-refractivity contribution in [3.63, 3.8) is 0 Å². The van der Waals surface area contributed by atoms with E-state index < -0.39 is 23.7 Å². The van der Waals surface area contributed by atoms with E-state index in [4.69, 9.17) is 0 Å². The molecule has 8 nitrogen and oxygen atoms in total. The number of hydrogen-bond acceptors (Lipinski definition) is 5. The number of aromatic nitrogens is 4. The van der Waals surface area contributed by atoms with Gasteiger partial charge in [-0.05, 0) is 24.1 Å². The van der Waals surface area contributed by atoms with Gasteiger partial charge in [-0.25, -0.2) is 9.97 Å². The van der Waals surface area contributed by atoms with Crippen molar-refractivity contribution in [3.8, 4) is 0 Å². The number of anilines is 1. The predicted octanol–water partition coefficient (Wildman–Crippen LogP) is 2.17. The van der Waals surface area contributed by atoms with Crippen molar-refractivity contribution in [2.45, 2.75) is 26.3 Å². The largest absolute Gasteiger partial charge is 0.347 e. The molecule has 4 rings (SSSR count). The predicted molar refractivity (Wildman–Crippen MR) is 97.9 cm³/mol. The number of fused-ring (bicyclic) bond motifs is 1. The minimum absolute atomic E-state index is 0.0956. The first-order valence-electron chi connectivity index (χ1n) is 8.79. The molecule has 3 aromatic rings. The summed E-state index contributed by atoms with van der Waals surface area (Å²) in [5, 5.41) is 0. The molecular formula is C19H19N5O3. The summed E-state index contributed by atoms with van der Waals surface area (Å²) < 4.78 is 0. The van der Waals surface area contributed by atoms with Crippen LogP contribution in [0.1, 0.15) is 32.0 Å². The molecule has 2 unspecified atom stereocenters. The number of aromatic amines is 2. The lowest BCUT2D eigenvalue weighted by molar-refractivity contribution is -0.139. The molecule has 8 heteroatoms. The van der Waals surface area contributed by atoms with Crippen molar-refractivity contribution in [1.82, 2.24) is 19.9 Å². The summed E-state index contributed by atoms with van der Waals surface area (Å²) in [7, 11) is 0. The van der Waals surface area contributed by atoms with E-state index in [-0.39, 0.29) is 18.1 Å². The topological polar surface area (TPSA) is 112 Å². The molecule has 0 radical (unpaired) electrons. The third-order valence-electron chi connectivity index (χ3n) is 4.78. The second kappa shape index (κ2) is 6.46. The van der Waals surface area contributed by atoms with E-state index in [9.17, 15) is 14.4 Å². The number of H-pyrrole nitrogens is 2. The van der Waals surface area contributed by atoms with Crippen LogP contribution in [0, 0.1) is 11.8 Å². The minimum atomic E-state index is -1.04. The maximum atomic E-state index is 12.9. The van der Waals surface area contributed by atoms with Crippen molar-refractivity contribution < 1.29 is 14.4 Å². The highest BCUT2D eigenvalue weighted by Crippen LogP contribution is 2.40. The lowest BCUT2D eigenvalue weighted by atomic mass is 9.88. The zero-order chi connectivity index (χ0) is 19.1. The monoisotopic (exact) mass is 365 g/mol. The summed E-state index contributed by atoms with van der Waals surface area (Å²) in [5.74, 6) is -2.54. The van der Waals surface area contributed by atoms with Gasteiger partial charge in [0.1, 0.15) is 11.7 Å². The molecule has 27 heavy (non-hydrogen) atoms. The number of imidazole rings is 2. The van der Waals surface area contributed by atoms with E-state index in [2.05, 4.69) is 19.9 Å². The summed E-state index contributed by atoms with van der Waals surface area (Å²) >= 11 is 0. The number of carbonyl (C=O) groups excluding carboxylic acids is 3. The summed E-state index contributed by atoms with van der Waals surface area (Å²) in [6, 6.07) is 4.52. The van der Waals surface area contributed by atoms with Crippen molar-refractivity contribution in [3.05, 3.63) is 42.7 Å². The highest BCUT2D eigenvalue weighted by molar-refractivity contribution is 6.48. The Kier molecular flexibility index (Phi) is 4.10. The first kappa shape index (κ1) is 17.1. The Labute approximate surface area is 155 Å².